The maximum atomic E-state index is 12.1. The second kappa shape index (κ2) is 6.74. The summed E-state index contributed by atoms with van der Waals surface area (Å²) in [7, 11) is 0. The number of carbonyl (C=O) groups is 2. The predicted molar refractivity (Wildman–Crippen MR) is 78.8 cm³/mol. The van der Waals surface area contributed by atoms with Crippen LogP contribution in [-0.2, 0) is 9.53 Å². The summed E-state index contributed by atoms with van der Waals surface area (Å²) in [6.07, 6.45) is 0.866. The lowest BCUT2D eigenvalue weighted by Gasteiger charge is -2.20. The molecule has 2 rings (SSSR count). The highest BCUT2D eigenvalue weighted by atomic mass is 35.5. The molecule has 0 bridgehead atoms. The van der Waals surface area contributed by atoms with Gasteiger partial charge in [-0.2, -0.15) is 0 Å². The number of nitro groups is 1. The quantitative estimate of drug-likeness (QED) is 0.481. The van der Waals surface area contributed by atoms with Gasteiger partial charge in [-0.15, -0.1) is 0 Å². The van der Waals surface area contributed by atoms with Crippen molar-refractivity contribution < 1.29 is 19.2 Å². The van der Waals surface area contributed by atoms with Gasteiger partial charge in [0.05, 0.1) is 4.92 Å². The maximum absolute atomic E-state index is 12.1. The van der Waals surface area contributed by atoms with Gasteiger partial charge >= 0.3 is 5.97 Å². The predicted octanol–water partition coefficient (Wildman–Crippen LogP) is 2.42. The molecule has 1 unspecified atom stereocenters. The summed E-state index contributed by atoms with van der Waals surface area (Å²) in [5.41, 5.74) is -0.672. The molecule has 118 valence electrons. The molecular weight excluding hydrogens is 312 g/mol. The minimum Gasteiger partial charge on any atom is -0.449 e. The number of hydrogen-bond acceptors (Lipinski definition) is 5. The largest absolute Gasteiger partial charge is 0.449 e. The Kier molecular flexibility index (Phi) is 4.97. The molecule has 1 heterocycles. The number of carbonyl (C=O) groups excluding carboxylic acids is 2. The van der Waals surface area contributed by atoms with E-state index in [4.69, 9.17) is 16.3 Å². The van der Waals surface area contributed by atoms with Crippen LogP contribution in [0, 0.1) is 10.1 Å². The number of esters is 1. The van der Waals surface area contributed by atoms with E-state index in [1.54, 1.807) is 4.90 Å². The molecule has 0 saturated carbocycles. The topological polar surface area (TPSA) is 89.7 Å². The SMILES string of the molecule is CC(OC(=O)c1ccc(Cl)cc1[N+](=O)[O-])C(=O)N1CCCC1. The standard InChI is InChI=1S/C14H15ClN2O5/c1-9(13(18)16-6-2-3-7-16)22-14(19)11-5-4-10(15)8-12(11)17(20)21/h4-5,8-9H,2-3,6-7H2,1H3. The molecule has 1 aromatic rings. The summed E-state index contributed by atoms with van der Waals surface area (Å²) in [6, 6.07) is 3.65. The minimum atomic E-state index is -0.985. The lowest BCUT2D eigenvalue weighted by atomic mass is 10.2. The van der Waals surface area contributed by atoms with Gasteiger partial charge in [0.15, 0.2) is 6.10 Å². The minimum absolute atomic E-state index is 0.143. The number of amides is 1. The number of halogens is 1. The Labute approximate surface area is 131 Å². The molecule has 22 heavy (non-hydrogen) atoms. The van der Waals surface area contributed by atoms with Gasteiger partial charge in [0.1, 0.15) is 5.56 Å². The molecule has 7 nitrogen and oxygen atoms in total. The van der Waals surface area contributed by atoms with Gasteiger partial charge in [0.2, 0.25) is 0 Å². The zero-order valence-corrected chi connectivity index (χ0v) is 12.7. The van der Waals surface area contributed by atoms with Crippen molar-refractivity contribution in [2.75, 3.05) is 13.1 Å². The number of benzene rings is 1. The molecule has 1 aliphatic rings. The van der Waals surface area contributed by atoms with Gasteiger partial charge in [-0.3, -0.25) is 14.9 Å². The number of likely N-dealkylation sites (tertiary alicyclic amines) is 1. The van der Waals surface area contributed by atoms with Crippen LogP contribution in [0.5, 0.6) is 0 Å². The van der Waals surface area contributed by atoms with Crippen LogP contribution in [0.25, 0.3) is 0 Å². The van der Waals surface area contributed by atoms with Crippen molar-refractivity contribution >= 4 is 29.2 Å². The molecule has 8 heteroatoms. The molecule has 0 aromatic heterocycles. The Balaban J connectivity index is 2.11. The zero-order valence-electron chi connectivity index (χ0n) is 12.0. The first kappa shape index (κ1) is 16.2. The first-order valence-electron chi connectivity index (χ1n) is 6.84. The first-order chi connectivity index (χ1) is 10.4. The number of hydrogen-bond donors (Lipinski definition) is 0. The van der Waals surface area contributed by atoms with E-state index in [0.717, 1.165) is 18.9 Å². The third kappa shape index (κ3) is 3.54. The highest BCUT2D eigenvalue weighted by Crippen LogP contribution is 2.24. The van der Waals surface area contributed by atoms with Crippen LogP contribution in [0.1, 0.15) is 30.1 Å². The fourth-order valence-corrected chi connectivity index (χ4v) is 2.46. The lowest BCUT2D eigenvalue weighted by molar-refractivity contribution is -0.385. The molecule has 1 fully saturated rings. The van der Waals surface area contributed by atoms with Crippen molar-refractivity contribution in [2.24, 2.45) is 0 Å². The summed E-state index contributed by atoms with van der Waals surface area (Å²) in [6.45, 7) is 2.74. The van der Waals surface area contributed by atoms with Gasteiger partial charge < -0.3 is 9.64 Å². The van der Waals surface area contributed by atoms with Gasteiger partial charge in [0.25, 0.3) is 11.6 Å². The summed E-state index contributed by atoms with van der Waals surface area (Å²) >= 11 is 5.69. The summed E-state index contributed by atoms with van der Waals surface area (Å²) in [5, 5.41) is 11.1. The highest BCUT2D eigenvalue weighted by Gasteiger charge is 2.29. The Morgan fingerprint density at radius 3 is 2.59 bits per heavy atom. The Hall–Kier alpha value is -2.15. The van der Waals surface area contributed by atoms with Crippen LogP contribution < -0.4 is 0 Å². The summed E-state index contributed by atoms with van der Waals surface area (Å²) < 4.78 is 5.06. The Bertz CT molecular complexity index is 613. The monoisotopic (exact) mass is 326 g/mol. The molecule has 1 saturated heterocycles. The van der Waals surface area contributed by atoms with Gasteiger partial charge in [-0.1, -0.05) is 11.6 Å². The molecule has 0 radical (unpaired) electrons. The average molecular weight is 327 g/mol. The van der Waals surface area contributed by atoms with Crippen LogP contribution in [-0.4, -0.2) is 40.9 Å². The molecular formula is C14H15ClN2O5. The first-order valence-corrected chi connectivity index (χ1v) is 7.21. The van der Waals surface area contributed by atoms with Crippen molar-refractivity contribution in [1.29, 1.82) is 0 Å². The fraction of sp³-hybridized carbons (Fsp3) is 0.429. The zero-order chi connectivity index (χ0) is 16.3. The molecule has 0 N–H and O–H groups in total. The van der Waals surface area contributed by atoms with E-state index in [2.05, 4.69) is 0 Å². The third-order valence-electron chi connectivity index (χ3n) is 3.43. The highest BCUT2D eigenvalue weighted by molar-refractivity contribution is 6.31. The Morgan fingerprint density at radius 1 is 1.36 bits per heavy atom. The van der Waals surface area contributed by atoms with Crippen LogP contribution in [0.4, 0.5) is 5.69 Å². The van der Waals surface area contributed by atoms with Gasteiger partial charge in [-0.25, -0.2) is 4.79 Å². The van der Waals surface area contributed by atoms with E-state index >= 15 is 0 Å². The van der Waals surface area contributed by atoms with Gasteiger partial charge in [-0.05, 0) is 31.9 Å². The van der Waals surface area contributed by atoms with Gasteiger partial charge in [0, 0.05) is 24.2 Å². The van der Waals surface area contributed by atoms with Crippen molar-refractivity contribution in [2.45, 2.75) is 25.9 Å². The lowest BCUT2D eigenvalue weighted by Crippen LogP contribution is -2.38. The second-order valence-electron chi connectivity index (χ2n) is 5.00. The molecule has 1 atom stereocenters. The van der Waals surface area contributed by atoms with E-state index in [9.17, 15) is 19.7 Å². The second-order valence-corrected chi connectivity index (χ2v) is 5.43. The smallest absolute Gasteiger partial charge is 0.345 e. The number of ether oxygens (including phenoxy) is 1. The molecule has 1 amide bonds. The number of nitro benzene ring substituents is 1. The maximum Gasteiger partial charge on any atom is 0.345 e. The normalized spacial score (nSPS) is 15.5. The molecule has 1 aromatic carbocycles. The average Bonchev–Trinajstić information content (AvgIpc) is 3.00. The van der Waals surface area contributed by atoms with Crippen molar-refractivity contribution in [3.05, 3.63) is 38.9 Å². The third-order valence-corrected chi connectivity index (χ3v) is 3.66. The summed E-state index contributed by atoms with van der Waals surface area (Å²) in [5.74, 6) is -1.20. The van der Waals surface area contributed by atoms with Crippen LogP contribution in [0.15, 0.2) is 18.2 Å². The van der Waals surface area contributed by atoms with E-state index in [1.165, 1.54) is 19.1 Å². The van der Waals surface area contributed by atoms with Crippen LogP contribution in [0.2, 0.25) is 5.02 Å². The van der Waals surface area contributed by atoms with Crippen molar-refractivity contribution in [3.63, 3.8) is 0 Å². The number of rotatable bonds is 4. The van der Waals surface area contributed by atoms with Crippen LogP contribution >= 0.6 is 11.6 Å². The van der Waals surface area contributed by atoms with E-state index in [1.807, 2.05) is 0 Å². The fourth-order valence-electron chi connectivity index (χ4n) is 2.30. The van der Waals surface area contributed by atoms with Crippen molar-refractivity contribution in [3.8, 4) is 0 Å². The Morgan fingerprint density at radius 2 is 2.00 bits per heavy atom. The molecule has 1 aliphatic heterocycles. The van der Waals surface area contributed by atoms with Crippen LogP contribution in [0.3, 0.4) is 0 Å². The van der Waals surface area contributed by atoms with E-state index < -0.39 is 22.7 Å². The molecule has 0 aliphatic carbocycles. The van der Waals surface area contributed by atoms with Crippen molar-refractivity contribution in [1.82, 2.24) is 4.90 Å². The number of nitrogens with zero attached hydrogens (tertiary/aromatic N) is 2. The summed E-state index contributed by atoms with van der Waals surface area (Å²) in [4.78, 5) is 36.0. The van der Waals surface area contributed by atoms with E-state index in [-0.39, 0.29) is 16.5 Å². The molecule has 0 spiro atoms. The van der Waals surface area contributed by atoms with E-state index in [0.29, 0.717) is 13.1 Å².